The molecule has 1 heterocycles. The highest BCUT2D eigenvalue weighted by Gasteiger charge is 2.24. The van der Waals surface area contributed by atoms with Crippen molar-refractivity contribution in [1.82, 2.24) is 4.57 Å². The largest absolute Gasteiger partial charge is 0.508 e. The van der Waals surface area contributed by atoms with Crippen LogP contribution in [0, 0.1) is 33.5 Å². The Hall–Kier alpha value is -4.18. The van der Waals surface area contributed by atoms with Crippen LogP contribution < -0.4 is 5.56 Å². The monoisotopic (exact) mass is 491 g/mol. The summed E-state index contributed by atoms with van der Waals surface area (Å²) in [6.07, 6.45) is 1.75. The van der Waals surface area contributed by atoms with E-state index in [1.54, 1.807) is 31.4 Å². The van der Waals surface area contributed by atoms with E-state index in [2.05, 4.69) is 64.1 Å². The van der Waals surface area contributed by atoms with Gasteiger partial charge >= 0.3 is 0 Å². The molecule has 1 aromatic heterocycles. The lowest BCUT2D eigenvalue weighted by molar-refractivity contribution is 0.476. The van der Waals surface area contributed by atoms with Gasteiger partial charge in [-0.05, 0) is 85.8 Å². The summed E-state index contributed by atoms with van der Waals surface area (Å²) in [5, 5.41) is 11.3. The third kappa shape index (κ3) is 4.44. The molecule has 0 aliphatic carbocycles. The molecule has 1 N–H and O–H groups in total. The molecule has 0 spiro atoms. The van der Waals surface area contributed by atoms with Crippen molar-refractivity contribution in [2.75, 3.05) is 0 Å². The molecule has 0 saturated heterocycles. The van der Waals surface area contributed by atoms with Gasteiger partial charge in [-0.3, -0.25) is 4.79 Å². The van der Waals surface area contributed by atoms with Gasteiger partial charge in [-0.2, -0.15) is 0 Å². The van der Waals surface area contributed by atoms with Gasteiger partial charge in [0.25, 0.3) is 5.56 Å². The molecule has 37 heavy (non-hydrogen) atoms. The second kappa shape index (κ2) is 9.36. The summed E-state index contributed by atoms with van der Waals surface area (Å²) in [7, 11) is 1.71. The molecule has 0 atom stereocenters. The Morgan fingerprint density at radius 3 is 1.95 bits per heavy atom. The van der Waals surface area contributed by atoms with Crippen molar-refractivity contribution in [3.63, 3.8) is 0 Å². The van der Waals surface area contributed by atoms with Crippen LogP contribution in [0.25, 0.3) is 21.9 Å². The zero-order valence-corrected chi connectivity index (χ0v) is 21.8. The molecule has 0 amide bonds. The van der Waals surface area contributed by atoms with Gasteiger partial charge in [0, 0.05) is 41.1 Å². The normalized spacial score (nSPS) is 11.4. The van der Waals surface area contributed by atoms with Gasteiger partial charge in [-0.25, -0.2) is 4.39 Å². The number of aromatic hydroxyl groups is 1. The lowest BCUT2D eigenvalue weighted by Gasteiger charge is -2.24. The minimum atomic E-state index is -0.312. The number of pyridine rings is 1. The maximum Gasteiger partial charge on any atom is 0.258 e. The summed E-state index contributed by atoms with van der Waals surface area (Å²) >= 11 is 0. The summed E-state index contributed by atoms with van der Waals surface area (Å²) in [5.41, 5.74) is 8.59. The van der Waals surface area contributed by atoms with Crippen LogP contribution in [0.3, 0.4) is 0 Å². The molecule has 0 aliphatic heterocycles. The van der Waals surface area contributed by atoms with E-state index in [1.165, 1.54) is 16.7 Å². The number of benzene rings is 4. The number of aromatic nitrogens is 1. The number of hydrogen-bond acceptors (Lipinski definition) is 2. The first kappa shape index (κ1) is 24.5. The zero-order chi connectivity index (χ0) is 26.4. The van der Waals surface area contributed by atoms with Crippen molar-refractivity contribution in [1.29, 1.82) is 0 Å². The third-order valence-corrected chi connectivity index (χ3v) is 7.26. The molecule has 0 radical (unpaired) electrons. The van der Waals surface area contributed by atoms with Gasteiger partial charge in [-0.1, -0.05) is 53.6 Å². The van der Waals surface area contributed by atoms with Gasteiger partial charge < -0.3 is 9.67 Å². The highest BCUT2D eigenvalue weighted by atomic mass is 19.1. The smallest absolute Gasteiger partial charge is 0.258 e. The van der Waals surface area contributed by atoms with Crippen molar-refractivity contribution in [3.8, 4) is 16.9 Å². The number of phenols is 1. The third-order valence-electron chi connectivity index (χ3n) is 7.26. The summed E-state index contributed by atoms with van der Waals surface area (Å²) in [6, 6.07) is 22.5. The minimum absolute atomic E-state index is 0.0766. The highest BCUT2D eigenvalue weighted by molar-refractivity contribution is 5.96. The van der Waals surface area contributed by atoms with Crippen LogP contribution in [0.15, 0.2) is 83.8 Å². The maximum atomic E-state index is 15.8. The molecular weight excluding hydrogens is 461 g/mol. The first-order valence-corrected chi connectivity index (χ1v) is 12.4. The standard InChI is InChI=1S/C33H30FNO2/c1-19-6-10-25(21(3)14-19)32(26-11-7-20(2)15-22(26)4)29-16-23(8-13-31(29)34)30-18-35(5)33(37)27-12-9-24(36)17-28(27)30/h6-18,32,36H,1-5H3. The van der Waals surface area contributed by atoms with Crippen LogP contribution in [0.2, 0.25) is 0 Å². The average molecular weight is 492 g/mol. The molecule has 4 heteroatoms. The molecule has 5 rings (SSSR count). The summed E-state index contributed by atoms with van der Waals surface area (Å²) in [4.78, 5) is 12.8. The van der Waals surface area contributed by atoms with Crippen molar-refractivity contribution in [2.24, 2.45) is 7.05 Å². The Morgan fingerprint density at radius 2 is 1.35 bits per heavy atom. The first-order chi connectivity index (χ1) is 17.6. The van der Waals surface area contributed by atoms with Crippen LogP contribution in [0.5, 0.6) is 5.75 Å². The number of fused-ring (bicyclic) bond motifs is 1. The van der Waals surface area contributed by atoms with E-state index in [-0.39, 0.29) is 23.0 Å². The molecular formula is C33H30FNO2. The average Bonchev–Trinajstić information content (AvgIpc) is 2.85. The summed E-state index contributed by atoms with van der Waals surface area (Å²) in [6.45, 7) is 8.27. The maximum absolute atomic E-state index is 15.8. The molecule has 186 valence electrons. The van der Waals surface area contributed by atoms with Gasteiger partial charge in [0.15, 0.2) is 0 Å². The topological polar surface area (TPSA) is 42.2 Å². The van der Waals surface area contributed by atoms with E-state index >= 15 is 4.39 Å². The summed E-state index contributed by atoms with van der Waals surface area (Å²) in [5.74, 6) is -0.521. The Morgan fingerprint density at radius 1 is 0.730 bits per heavy atom. The quantitative estimate of drug-likeness (QED) is 0.265. The van der Waals surface area contributed by atoms with Gasteiger partial charge in [0.2, 0.25) is 0 Å². The molecule has 4 aromatic carbocycles. The van der Waals surface area contributed by atoms with Gasteiger partial charge in [0.1, 0.15) is 11.6 Å². The van der Waals surface area contributed by atoms with Crippen molar-refractivity contribution in [3.05, 3.63) is 134 Å². The number of nitrogens with zero attached hydrogens (tertiary/aromatic N) is 1. The van der Waals surface area contributed by atoms with Crippen LogP contribution in [0.1, 0.15) is 44.9 Å². The predicted molar refractivity (Wildman–Crippen MR) is 149 cm³/mol. The van der Waals surface area contributed by atoms with Crippen molar-refractivity contribution >= 4 is 10.8 Å². The Bertz CT molecular complexity index is 1680. The molecule has 0 bridgehead atoms. The number of rotatable bonds is 4. The number of hydrogen-bond donors (Lipinski definition) is 1. The fourth-order valence-corrected chi connectivity index (χ4v) is 5.42. The van der Waals surface area contributed by atoms with E-state index in [9.17, 15) is 9.90 Å². The number of phenolic OH excluding ortho intramolecular Hbond substituents is 1. The van der Waals surface area contributed by atoms with Gasteiger partial charge in [0.05, 0.1) is 0 Å². The van der Waals surface area contributed by atoms with E-state index < -0.39 is 0 Å². The SMILES string of the molecule is Cc1ccc(C(c2ccc(C)cc2C)c2cc(-c3cn(C)c(=O)c4ccc(O)cc34)ccc2F)c(C)c1. The fourth-order valence-electron chi connectivity index (χ4n) is 5.42. The lowest BCUT2D eigenvalue weighted by Crippen LogP contribution is -2.16. The molecule has 3 nitrogen and oxygen atoms in total. The van der Waals surface area contributed by atoms with E-state index in [1.807, 2.05) is 6.07 Å². The first-order valence-electron chi connectivity index (χ1n) is 12.4. The molecule has 0 aliphatic rings. The van der Waals surface area contributed by atoms with E-state index in [4.69, 9.17) is 0 Å². The van der Waals surface area contributed by atoms with E-state index in [0.29, 0.717) is 16.3 Å². The van der Waals surface area contributed by atoms with Crippen molar-refractivity contribution < 1.29 is 9.50 Å². The molecule has 0 fully saturated rings. The molecule has 0 unspecified atom stereocenters. The lowest BCUT2D eigenvalue weighted by atomic mass is 9.79. The molecule has 5 aromatic rings. The van der Waals surface area contributed by atoms with E-state index in [0.717, 1.165) is 44.5 Å². The Labute approximate surface area is 216 Å². The summed E-state index contributed by atoms with van der Waals surface area (Å²) < 4.78 is 17.3. The second-order valence-electron chi connectivity index (χ2n) is 10.1. The second-order valence-corrected chi connectivity index (χ2v) is 10.1. The minimum Gasteiger partial charge on any atom is -0.508 e. The van der Waals surface area contributed by atoms with Crippen LogP contribution >= 0.6 is 0 Å². The highest BCUT2D eigenvalue weighted by Crippen LogP contribution is 2.40. The van der Waals surface area contributed by atoms with Crippen LogP contribution in [0.4, 0.5) is 4.39 Å². The number of aryl methyl sites for hydroxylation is 5. The fraction of sp³-hybridized carbons (Fsp3) is 0.182. The van der Waals surface area contributed by atoms with Crippen LogP contribution in [-0.2, 0) is 7.05 Å². The van der Waals surface area contributed by atoms with Crippen molar-refractivity contribution in [2.45, 2.75) is 33.6 Å². The van der Waals surface area contributed by atoms with Gasteiger partial charge in [-0.15, -0.1) is 0 Å². The van der Waals surface area contributed by atoms with Crippen LogP contribution in [-0.4, -0.2) is 9.67 Å². The Balaban J connectivity index is 1.80. The molecule has 0 saturated carbocycles. The Kier molecular flexibility index (Phi) is 6.20. The number of halogens is 1. The predicted octanol–water partition coefficient (Wildman–Crippen LogP) is 7.46. The zero-order valence-electron chi connectivity index (χ0n) is 21.8.